The van der Waals surface area contributed by atoms with Crippen LogP contribution in [-0.4, -0.2) is 22.8 Å². The van der Waals surface area contributed by atoms with Crippen molar-refractivity contribution >= 4 is 39.2 Å². The molecule has 1 amide bonds. The predicted molar refractivity (Wildman–Crippen MR) is 114 cm³/mol. The van der Waals surface area contributed by atoms with E-state index >= 15 is 0 Å². The highest BCUT2D eigenvalue weighted by Gasteiger charge is 2.12. The molecule has 1 aromatic heterocycles. The number of rotatable bonds is 8. The highest BCUT2D eigenvalue weighted by Crippen LogP contribution is 2.28. The van der Waals surface area contributed by atoms with E-state index in [4.69, 9.17) is 4.74 Å². The zero-order valence-corrected chi connectivity index (χ0v) is 17.6. The maximum atomic E-state index is 13.0. The Hall–Kier alpha value is -2.12. The minimum Gasteiger partial charge on any atom is -0.492 e. The van der Waals surface area contributed by atoms with Gasteiger partial charge in [-0.25, -0.2) is 4.39 Å². The largest absolute Gasteiger partial charge is 0.492 e. The van der Waals surface area contributed by atoms with Gasteiger partial charge in [0.15, 0.2) is 4.80 Å². The average molecular weight is 419 g/mol. The fourth-order valence-electron chi connectivity index (χ4n) is 2.84. The molecule has 1 heterocycles. The van der Waals surface area contributed by atoms with Crippen LogP contribution in [0.15, 0.2) is 52.4 Å². The quantitative estimate of drug-likeness (QED) is 0.469. The van der Waals surface area contributed by atoms with Gasteiger partial charge in [0.1, 0.15) is 17.1 Å². The Morgan fingerprint density at radius 2 is 2.00 bits per heavy atom. The molecule has 148 valence electrons. The molecule has 7 heteroatoms. The van der Waals surface area contributed by atoms with Gasteiger partial charge in [0.25, 0.3) is 0 Å². The maximum Gasteiger partial charge on any atom is 0.249 e. The van der Waals surface area contributed by atoms with Crippen molar-refractivity contribution in [1.82, 2.24) is 4.57 Å². The molecule has 3 aromatic rings. The van der Waals surface area contributed by atoms with Gasteiger partial charge in [0.05, 0.1) is 11.3 Å². The average Bonchev–Trinajstić information content (AvgIpc) is 3.02. The summed E-state index contributed by atoms with van der Waals surface area (Å²) in [4.78, 5) is 18.4. The Balaban J connectivity index is 1.79. The van der Waals surface area contributed by atoms with E-state index in [9.17, 15) is 9.18 Å². The van der Waals surface area contributed by atoms with Crippen molar-refractivity contribution in [2.75, 3.05) is 12.4 Å². The smallest absolute Gasteiger partial charge is 0.249 e. The summed E-state index contributed by atoms with van der Waals surface area (Å²) in [7, 11) is 0. The normalized spacial score (nSPS) is 11.9. The maximum absolute atomic E-state index is 13.0. The molecule has 4 nitrogen and oxygen atoms in total. The number of aromatic nitrogens is 1. The van der Waals surface area contributed by atoms with Crippen molar-refractivity contribution in [2.45, 2.75) is 38.1 Å². The molecule has 3 rings (SSSR count). The number of nitrogens with zero attached hydrogens (tertiary/aromatic N) is 2. The number of carbonyl (C=O) groups is 1. The molecule has 0 radical (unpaired) electrons. The molecule has 0 unspecified atom stereocenters. The summed E-state index contributed by atoms with van der Waals surface area (Å²) in [6.45, 7) is 5.43. The number of amides is 1. The summed E-state index contributed by atoms with van der Waals surface area (Å²) in [5, 5.41) is 0. The van der Waals surface area contributed by atoms with Gasteiger partial charge in [-0.2, -0.15) is 4.99 Å². The minimum absolute atomic E-state index is 0.149. The van der Waals surface area contributed by atoms with E-state index in [2.05, 4.69) is 16.5 Å². The summed E-state index contributed by atoms with van der Waals surface area (Å²) in [6, 6.07) is 12.2. The molecular weight excluding hydrogens is 395 g/mol. The SMILES string of the molecule is CCCn1c(=NC(=O)CCSc2ccc(F)cc2)sc2cccc(OCC)c21. The van der Waals surface area contributed by atoms with Gasteiger partial charge < -0.3 is 9.30 Å². The second-order valence-corrected chi connectivity index (χ2v) is 8.31. The number of benzene rings is 2. The first-order chi connectivity index (χ1) is 13.6. The van der Waals surface area contributed by atoms with Crippen molar-refractivity contribution < 1.29 is 13.9 Å². The standard InChI is InChI=1S/C21H23FN2O2S2/c1-3-13-24-20-17(26-4-2)6-5-7-18(20)28-21(24)23-19(25)12-14-27-16-10-8-15(22)9-11-16/h5-11H,3-4,12-14H2,1-2H3. The Kier molecular flexibility index (Phi) is 7.28. The third kappa shape index (κ3) is 5.02. The van der Waals surface area contributed by atoms with Crippen LogP contribution in [0.2, 0.25) is 0 Å². The molecule has 0 saturated heterocycles. The highest BCUT2D eigenvalue weighted by molar-refractivity contribution is 7.99. The van der Waals surface area contributed by atoms with Crippen LogP contribution < -0.4 is 9.54 Å². The number of halogens is 1. The van der Waals surface area contributed by atoms with Crippen LogP contribution in [0.3, 0.4) is 0 Å². The predicted octanol–water partition coefficient (Wildman–Crippen LogP) is 5.26. The van der Waals surface area contributed by atoms with Gasteiger partial charge in [0, 0.05) is 23.6 Å². The number of thioether (sulfide) groups is 1. The zero-order chi connectivity index (χ0) is 19.9. The molecule has 2 aromatic carbocycles. The lowest BCUT2D eigenvalue weighted by atomic mass is 10.3. The van der Waals surface area contributed by atoms with E-state index in [1.54, 1.807) is 12.1 Å². The minimum atomic E-state index is -0.257. The van der Waals surface area contributed by atoms with E-state index in [1.165, 1.54) is 35.2 Å². The summed E-state index contributed by atoms with van der Waals surface area (Å²) in [6.07, 6.45) is 1.27. The van der Waals surface area contributed by atoms with E-state index in [-0.39, 0.29) is 11.7 Å². The summed E-state index contributed by atoms with van der Waals surface area (Å²) >= 11 is 3.04. The third-order valence-electron chi connectivity index (χ3n) is 4.03. The molecule has 0 fully saturated rings. The topological polar surface area (TPSA) is 43.6 Å². The molecule has 0 N–H and O–H groups in total. The van der Waals surface area contributed by atoms with Crippen LogP contribution in [0, 0.1) is 5.82 Å². The lowest BCUT2D eigenvalue weighted by molar-refractivity contribution is -0.117. The van der Waals surface area contributed by atoms with Gasteiger partial charge in [-0.1, -0.05) is 24.3 Å². The van der Waals surface area contributed by atoms with Gasteiger partial charge in [-0.3, -0.25) is 4.79 Å². The number of aryl methyl sites for hydroxylation is 1. The molecule has 0 bridgehead atoms. The second kappa shape index (κ2) is 9.89. The van der Waals surface area contributed by atoms with E-state index < -0.39 is 0 Å². The number of fused-ring (bicyclic) bond motifs is 1. The van der Waals surface area contributed by atoms with Crippen LogP contribution in [0.1, 0.15) is 26.7 Å². The molecule has 28 heavy (non-hydrogen) atoms. The van der Waals surface area contributed by atoms with Gasteiger partial charge >= 0.3 is 0 Å². The van der Waals surface area contributed by atoms with Gasteiger partial charge in [-0.15, -0.1) is 11.8 Å². The molecule has 0 saturated carbocycles. The third-order valence-corrected chi connectivity index (χ3v) is 6.09. The van der Waals surface area contributed by atoms with Gasteiger partial charge in [-0.05, 0) is 49.7 Å². The van der Waals surface area contributed by atoms with Crippen molar-refractivity contribution in [3.63, 3.8) is 0 Å². The van der Waals surface area contributed by atoms with Crippen molar-refractivity contribution in [3.8, 4) is 5.75 Å². The lowest BCUT2D eigenvalue weighted by Crippen LogP contribution is -2.17. The van der Waals surface area contributed by atoms with Crippen molar-refractivity contribution in [2.24, 2.45) is 4.99 Å². The Bertz CT molecular complexity index is 1010. The summed E-state index contributed by atoms with van der Waals surface area (Å²) < 4.78 is 21.9. The summed E-state index contributed by atoms with van der Waals surface area (Å²) in [5.41, 5.74) is 1.00. The monoisotopic (exact) mass is 418 g/mol. The van der Waals surface area contributed by atoms with E-state index in [0.29, 0.717) is 23.6 Å². The Morgan fingerprint density at radius 1 is 1.21 bits per heavy atom. The molecule has 0 aliphatic carbocycles. The van der Waals surface area contributed by atoms with Crippen LogP contribution in [0.5, 0.6) is 5.75 Å². The number of para-hydroxylation sites is 1. The van der Waals surface area contributed by atoms with Crippen LogP contribution in [0.25, 0.3) is 10.2 Å². The Morgan fingerprint density at radius 3 is 2.71 bits per heavy atom. The molecule has 0 aliphatic rings. The fourth-order valence-corrected chi connectivity index (χ4v) is 4.77. The Labute approximate surface area is 172 Å². The number of carbonyl (C=O) groups excluding carboxylic acids is 1. The lowest BCUT2D eigenvalue weighted by Gasteiger charge is -2.08. The van der Waals surface area contributed by atoms with E-state index in [1.807, 2.05) is 25.1 Å². The molecule has 0 aliphatic heterocycles. The first kappa shape index (κ1) is 20.6. The first-order valence-electron chi connectivity index (χ1n) is 9.33. The summed E-state index contributed by atoms with van der Waals surface area (Å²) in [5.74, 6) is 1.03. The van der Waals surface area contributed by atoms with Crippen LogP contribution >= 0.6 is 23.1 Å². The number of hydrogen-bond donors (Lipinski definition) is 0. The zero-order valence-electron chi connectivity index (χ0n) is 16.0. The van der Waals surface area contributed by atoms with Crippen molar-refractivity contribution in [3.05, 3.63) is 53.1 Å². The number of hydrogen-bond acceptors (Lipinski definition) is 4. The van der Waals surface area contributed by atoms with Gasteiger partial charge in [0.2, 0.25) is 5.91 Å². The molecular formula is C21H23FN2O2S2. The highest BCUT2D eigenvalue weighted by atomic mass is 32.2. The second-order valence-electron chi connectivity index (χ2n) is 6.13. The van der Waals surface area contributed by atoms with E-state index in [0.717, 1.165) is 33.8 Å². The molecule has 0 atom stereocenters. The number of ether oxygens (including phenoxy) is 1. The first-order valence-corrected chi connectivity index (χ1v) is 11.1. The van der Waals surface area contributed by atoms with Crippen LogP contribution in [0.4, 0.5) is 4.39 Å². The fraction of sp³-hybridized carbons (Fsp3) is 0.333. The molecule has 0 spiro atoms. The van der Waals surface area contributed by atoms with Crippen molar-refractivity contribution in [1.29, 1.82) is 0 Å². The van der Waals surface area contributed by atoms with Crippen LogP contribution in [-0.2, 0) is 11.3 Å². The number of thiazole rings is 1.